The molecule has 0 aliphatic carbocycles. The predicted octanol–water partition coefficient (Wildman–Crippen LogP) is 1.94. The molecule has 1 aromatic rings. The third kappa shape index (κ3) is 2.78. The molecule has 0 unspecified atom stereocenters. The maximum Gasteiger partial charge on any atom is 0.410 e. The van der Waals surface area contributed by atoms with Crippen LogP contribution in [0.3, 0.4) is 0 Å². The van der Waals surface area contributed by atoms with Gasteiger partial charge in [0.15, 0.2) is 0 Å². The largest absolute Gasteiger partial charge is 0.449 e. The lowest BCUT2D eigenvalue weighted by Crippen LogP contribution is -2.37. The van der Waals surface area contributed by atoms with Crippen LogP contribution in [0.15, 0.2) is 6.33 Å². The van der Waals surface area contributed by atoms with E-state index >= 15 is 0 Å². The minimum atomic E-state index is -0.238. The second-order valence-corrected chi connectivity index (χ2v) is 5.03. The van der Waals surface area contributed by atoms with Crippen LogP contribution in [0.25, 0.3) is 0 Å². The van der Waals surface area contributed by atoms with Gasteiger partial charge in [-0.1, -0.05) is 13.8 Å². The quantitative estimate of drug-likeness (QED) is 0.803. The van der Waals surface area contributed by atoms with Crippen LogP contribution in [0.2, 0.25) is 0 Å². The van der Waals surface area contributed by atoms with Crippen molar-refractivity contribution in [3.63, 3.8) is 0 Å². The minimum absolute atomic E-state index is 0.238. The Morgan fingerprint density at radius 3 is 3.00 bits per heavy atom. The molecular formula is C13H19N3O2. The molecule has 18 heavy (non-hydrogen) atoms. The van der Waals surface area contributed by atoms with E-state index in [-0.39, 0.29) is 6.09 Å². The number of amides is 1. The van der Waals surface area contributed by atoms with E-state index in [1.165, 1.54) is 0 Å². The summed E-state index contributed by atoms with van der Waals surface area (Å²) in [5.74, 6) is 0.357. The summed E-state index contributed by atoms with van der Waals surface area (Å²) >= 11 is 0. The van der Waals surface area contributed by atoms with Crippen molar-refractivity contribution >= 4 is 6.09 Å². The number of hydrogen-bond acceptors (Lipinski definition) is 4. The topological polar surface area (TPSA) is 55.3 Å². The highest BCUT2D eigenvalue weighted by Gasteiger charge is 2.24. The first-order valence-corrected chi connectivity index (χ1v) is 6.29. The molecule has 0 atom stereocenters. The maximum absolute atomic E-state index is 11.9. The Morgan fingerprint density at radius 2 is 2.28 bits per heavy atom. The monoisotopic (exact) mass is 249 g/mol. The van der Waals surface area contributed by atoms with Gasteiger partial charge in [0.05, 0.1) is 18.8 Å². The van der Waals surface area contributed by atoms with Gasteiger partial charge in [-0.3, -0.25) is 0 Å². The van der Waals surface area contributed by atoms with Crippen LogP contribution in [0.5, 0.6) is 0 Å². The van der Waals surface area contributed by atoms with E-state index < -0.39 is 0 Å². The normalized spacial score (nSPS) is 14.6. The van der Waals surface area contributed by atoms with Gasteiger partial charge in [-0.2, -0.15) is 0 Å². The number of aryl methyl sites for hydroxylation is 1. The number of fused-ring (bicyclic) bond motifs is 1. The first-order valence-electron chi connectivity index (χ1n) is 6.29. The first-order chi connectivity index (χ1) is 8.58. The highest BCUT2D eigenvalue weighted by Crippen LogP contribution is 2.19. The molecule has 1 amide bonds. The van der Waals surface area contributed by atoms with Crippen molar-refractivity contribution in [3.8, 4) is 0 Å². The van der Waals surface area contributed by atoms with E-state index in [1.54, 1.807) is 11.2 Å². The van der Waals surface area contributed by atoms with Crippen molar-refractivity contribution in [1.82, 2.24) is 14.9 Å². The second-order valence-electron chi connectivity index (χ2n) is 5.03. The van der Waals surface area contributed by atoms with Gasteiger partial charge in [-0.25, -0.2) is 14.8 Å². The molecule has 0 aromatic carbocycles. The summed E-state index contributed by atoms with van der Waals surface area (Å²) < 4.78 is 5.24. The van der Waals surface area contributed by atoms with E-state index in [9.17, 15) is 4.79 Å². The van der Waals surface area contributed by atoms with Gasteiger partial charge in [-0.05, 0) is 12.8 Å². The molecule has 0 radical (unpaired) electrons. The predicted molar refractivity (Wildman–Crippen MR) is 67.1 cm³/mol. The number of ether oxygens (including phenoxy) is 1. The lowest BCUT2D eigenvalue weighted by Gasteiger charge is -2.28. The highest BCUT2D eigenvalue weighted by molar-refractivity contribution is 5.68. The molecule has 0 spiro atoms. The molecule has 0 N–H and O–H groups in total. The fourth-order valence-electron chi connectivity index (χ4n) is 1.97. The molecule has 0 bridgehead atoms. The molecule has 1 aliphatic heterocycles. The Bertz CT molecular complexity index is 446. The van der Waals surface area contributed by atoms with E-state index in [0.717, 1.165) is 23.4 Å². The Morgan fingerprint density at radius 1 is 1.50 bits per heavy atom. The van der Waals surface area contributed by atoms with Crippen LogP contribution in [-0.2, 0) is 17.7 Å². The fraction of sp³-hybridized carbons (Fsp3) is 0.615. The lowest BCUT2D eigenvalue weighted by atomic mass is 10.1. The maximum atomic E-state index is 11.9. The summed E-state index contributed by atoms with van der Waals surface area (Å²) in [6.07, 6.45) is 2.12. The molecule has 0 saturated heterocycles. The van der Waals surface area contributed by atoms with Crippen molar-refractivity contribution in [2.24, 2.45) is 5.92 Å². The average Bonchev–Trinajstić information content (AvgIpc) is 2.36. The minimum Gasteiger partial charge on any atom is -0.449 e. The summed E-state index contributed by atoms with van der Waals surface area (Å²) in [5.41, 5.74) is 3.06. The Kier molecular flexibility index (Phi) is 3.79. The Hall–Kier alpha value is -1.65. The number of carbonyl (C=O) groups excluding carboxylic acids is 1. The number of carbonyl (C=O) groups is 1. The Balaban J connectivity index is 2.03. The van der Waals surface area contributed by atoms with Gasteiger partial charge in [0.1, 0.15) is 6.33 Å². The van der Waals surface area contributed by atoms with Crippen molar-refractivity contribution in [2.45, 2.75) is 33.7 Å². The number of aromatic nitrogens is 2. The van der Waals surface area contributed by atoms with Crippen molar-refractivity contribution in [2.75, 3.05) is 13.2 Å². The van der Waals surface area contributed by atoms with Crippen LogP contribution in [0, 0.1) is 12.8 Å². The molecule has 5 heteroatoms. The molecule has 0 saturated carbocycles. The van der Waals surface area contributed by atoms with Gasteiger partial charge in [0.25, 0.3) is 0 Å². The van der Waals surface area contributed by atoms with Gasteiger partial charge in [0.2, 0.25) is 0 Å². The Labute approximate surface area is 107 Å². The van der Waals surface area contributed by atoms with Gasteiger partial charge in [-0.15, -0.1) is 0 Å². The van der Waals surface area contributed by atoms with E-state index in [1.807, 2.05) is 20.8 Å². The zero-order valence-corrected chi connectivity index (χ0v) is 11.1. The second kappa shape index (κ2) is 5.33. The average molecular weight is 249 g/mol. The molecule has 1 aliphatic rings. The summed E-state index contributed by atoms with van der Waals surface area (Å²) in [7, 11) is 0. The molecule has 2 heterocycles. The number of nitrogens with zero attached hydrogens (tertiary/aromatic N) is 3. The summed E-state index contributed by atoms with van der Waals surface area (Å²) in [6, 6.07) is 0. The molecule has 5 nitrogen and oxygen atoms in total. The summed E-state index contributed by atoms with van der Waals surface area (Å²) in [5, 5.41) is 0. The third-order valence-electron chi connectivity index (χ3n) is 3.02. The van der Waals surface area contributed by atoms with Gasteiger partial charge < -0.3 is 9.64 Å². The smallest absolute Gasteiger partial charge is 0.410 e. The van der Waals surface area contributed by atoms with Gasteiger partial charge >= 0.3 is 6.09 Å². The fourth-order valence-corrected chi connectivity index (χ4v) is 1.97. The highest BCUT2D eigenvalue weighted by atomic mass is 16.6. The molecule has 98 valence electrons. The third-order valence-corrected chi connectivity index (χ3v) is 3.02. The number of hydrogen-bond donors (Lipinski definition) is 0. The first kappa shape index (κ1) is 12.8. The zero-order chi connectivity index (χ0) is 13.1. The molecule has 0 fully saturated rings. The van der Waals surface area contributed by atoms with E-state index in [2.05, 4.69) is 9.97 Å². The van der Waals surface area contributed by atoms with Crippen LogP contribution in [-0.4, -0.2) is 34.1 Å². The lowest BCUT2D eigenvalue weighted by molar-refractivity contribution is 0.0875. The molecule has 2 rings (SSSR count). The molecular weight excluding hydrogens is 230 g/mol. The summed E-state index contributed by atoms with van der Waals surface area (Å²) in [6.45, 7) is 7.68. The summed E-state index contributed by atoms with van der Waals surface area (Å²) in [4.78, 5) is 22.0. The van der Waals surface area contributed by atoms with E-state index in [4.69, 9.17) is 4.74 Å². The SMILES string of the molecule is Cc1ncnc2c1CN(C(=O)OCC(C)C)CC2. The van der Waals surface area contributed by atoms with Gasteiger partial charge in [0, 0.05) is 24.2 Å². The number of rotatable bonds is 2. The zero-order valence-electron chi connectivity index (χ0n) is 11.1. The van der Waals surface area contributed by atoms with Crippen LogP contribution in [0.4, 0.5) is 4.79 Å². The van der Waals surface area contributed by atoms with Crippen LogP contribution in [0.1, 0.15) is 30.8 Å². The van der Waals surface area contributed by atoms with E-state index in [0.29, 0.717) is 25.6 Å². The van der Waals surface area contributed by atoms with Crippen molar-refractivity contribution < 1.29 is 9.53 Å². The van der Waals surface area contributed by atoms with Crippen LogP contribution < -0.4 is 0 Å². The molecule has 1 aromatic heterocycles. The van der Waals surface area contributed by atoms with Crippen molar-refractivity contribution in [1.29, 1.82) is 0 Å². The standard InChI is InChI=1S/C13H19N3O2/c1-9(2)7-18-13(17)16-5-4-12-11(6-16)10(3)14-8-15-12/h8-9H,4-7H2,1-3H3. The van der Waals surface area contributed by atoms with Crippen LogP contribution >= 0.6 is 0 Å². The van der Waals surface area contributed by atoms with Crippen molar-refractivity contribution in [3.05, 3.63) is 23.3 Å².